The quantitative estimate of drug-likeness (QED) is 0.524. The van der Waals surface area contributed by atoms with Crippen LogP contribution in [0.1, 0.15) is 17.7 Å². The van der Waals surface area contributed by atoms with Crippen molar-refractivity contribution < 1.29 is 18.8 Å². The molecule has 1 aromatic rings. The number of halogens is 3. The van der Waals surface area contributed by atoms with Crippen LogP contribution in [0.2, 0.25) is 0 Å². The van der Waals surface area contributed by atoms with Gasteiger partial charge in [0, 0.05) is 11.6 Å². The Balaban J connectivity index is 3.37. The fourth-order valence-electron chi connectivity index (χ4n) is 0.974. The van der Waals surface area contributed by atoms with Crippen LogP contribution in [0.5, 0.6) is 0 Å². The number of nitro groups is 1. The molecule has 5 nitrogen and oxygen atoms in total. The average Bonchev–Trinajstić information content (AvgIpc) is 2.16. The minimum atomic E-state index is -2.91. The Morgan fingerprint density at radius 3 is 2.67 bits per heavy atom. The third-order valence-corrected chi connectivity index (χ3v) is 2.24. The summed E-state index contributed by atoms with van der Waals surface area (Å²) in [4.78, 5) is 13.1. The molecule has 0 aromatic carbocycles. The van der Waals surface area contributed by atoms with Crippen LogP contribution in [0.3, 0.4) is 0 Å². The van der Waals surface area contributed by atoms with E-state index >= 15 is 0 Å². The van der Waals surface area contributed by atoms with E-state index in [-0.39, 0.29) is 10.3 Å². The summed E-state index contributed by atoms with van der Waals surface area (Å²) in [5, 5.41) is 19.2. The molecule has 0 amide bonds. The van der Waals surface area contributed by atoms with Gasteiger partial charge in [-0.05, 0) is 15.9 Å². The van der Waals surface area contributed by atoms with Gasteiger partial charge in [-0.3, -0.25) is 10.1 Å². The minimum absolute atomic E-state index is 0.180. The van der Waals surface area contributed by atoms with Gasteiger partial charge in [0.1, 0.15) is 0 Å². The number of rotatable bonds is 3. The normalized spacial score (nSPS) is 10.7. The van der Waals surface area contributed by atoms with Crippen LogP contribution < -0.4 is 0 Å². The zero-order chi connectivity index (χ0) is 11.6. The Hall–Kier alpha value is -1.15. The molecule has 1 heterocycles. The molecule has 1 aromatic heterocycles. The molecule has 82 valence electrons. The Morgan fingerprint density at radius 2 is 2.27 bits per heavy atom. The molecule has 1 N–H and O–H groups in total. The molecule has 0 aliphatic heterocycles. The highest BCUT2D eigenvalue weighted by atomic mass is 79.9. The van der Waals surface area contributed by atoms with Gasteiger partial charge in [0.2, 0.25) is 0 Å². The number of aliphatic hydroxyl groups excluding tert-OH is 1. The van der Waals surface area contributed by atoms with Gasteiger partial charge in [0.15, 0.2) is 4.60 Å². The van der Waals surface area contributed by atoms with Crippen LogP contribution in [-0.4, -0.2) is 15.0 Å². The highest BCUT2D eigenvalue weighted by molar-refractivity contribution is 9.10. The number of pyridine rings is 1. The van der Waals surface area contributed by atoms with Gasteiger partial charge in [-0.1, -0.05) is 0 Å². The van der Waals surface area contributed by atoms with E-state index in [0.29, 0.717) is 6.07 Å². The Kier molecular flexibility index (Phi) is 3.64. The van der Waals surface area contributed by atoms with Crippen molar-refractivity contribution in [1.29, 1.82) is 0 Å². The van der Waals surface area contributed by atoms with E-state index < -0.39 is 29.2 Å². The Bertz CT molecular complexity index is 400. The molecule has 0 unspecified atom stereocenters. The summed E-state index contributed by atoms with van der Waals surface area (Å²) in [5.74, 6) is 0. The lowest BCUT2D eigenvalue weighted by Crippen LogP contribution is -2.02. The van der Waals surface area contributed by atoms with E-state index in [1.54, 1.807) is 0 Å². The van der Waals surface area contributed by atoms with Gasteiger partial charge in [0.25, 0.3) is 6.43 Å². The maximum atomic E-state index is 12.4. The molecular weight excluding hydrogens is 278 g/mol. The first-order chi connectivity index (χ1) is 6.97. The zero-order valence-electron chi connectivity index (χ0n) is 7.15. The lowest BCUT2D eigenvalue weighted by molar-refractivity contribution is -0.386. The molecule has 0 radical (unpaired) electrons. The SMILES string of the molecule is O=[N+]([O-])c1cc(C(F)F)c(CO)nc1Br. The molecule has 0 bridgehead atoms. The maximum absolute atomic E-state index is 12.4. The summed E-state index contributed by atoms with van der Waals surface area (Å²) in [5.41, 5.74) is -1.46. The number of alkyl halides is 2. The van der Waals surface area contributed by atoms with Crippen LogP contribution in [0.25, 0.3) is 0 Å². The van der Waals surface area contributed by atoms with Crippen molar-refractivity contribution in [3.8, 4) is 0 Å². The molecule has 1 rings (SSSR count). The summed E-state index contributed by atoms with van der Waals surface area (Å²) in [6, 6.07) is 0.702. The first-order valence-corrected chi connectivity index (χ1v) is 4.49. The van der Waals surface area contributed by atoms with Gasteiger partial charge < -0.3 is 5.11 Å². The lowest BCUT2D eigenvalue weighted by atomic mass is 10.2. The molecule has 0 spiro atoms. The molecule has 0 aliphatic rings. The number of aromatic nitrogens is 1. The van der Waals surface area contributed by atoms with Gasteiger partial charge in [-0.25, -0.2) is 13.8 Å². The monoisotopic (exact) mass is 282 g/mol. The van der Waals surface area contributed by atoms with E-state index in [1.807, 2.05) is 0 Å². The van der Waals surface area contributed by atoms with Gasteiger partial charge >= 0.3 is 5.69 Å². The van der Waals surface area contributed by atoms with E-state index in [4.69, 9.17) is 5.11 Å². The lowest BCUT2D eigenvalue weighted by Gasteiger charge is -2.06. The number of nitrogens with zero attached hydrogens (tertiary/aromatic N) is 2. The van der Waals surface area contributed by atoms with Crippen LogP contribution in [0.4, 0.5) is 14.5 Å². The Labute approximate surface area is 91.0 Å². The van der Waals surface area contributed by atoms with Gasteiger partial charge in [-0.15, -0.1) is 0 Å². The molecule has 0 atom stereocenters. The first kappa shape index (κ1) is 11.9. The number of hydrogen-bond acceptors (Lipinski definition) is 4. The fraction of sp³-hybridized carbons (Fsp3) is 0.286. The highest BCUT2D eigenvalue weighted by Crippen LogP contribution is 2.30. The second-order valence-corrected chi connectivity index (χ2v) is 3.30. The maximum Gasteiger partial charge on any atom is 0.302 e. The van der Waals surface area contributed by atoms with Crippen molar-refractivity contribution in [2.45, 2.75) is 13.0 Å². The van der Waals surface area contributed by atoms with Crippen molar-refractivity contribution in [2.24, 2.45) is 0 Å². The van der Waals surface area contributed by atoms with E-state index in [9.17, 15) is 18.9 Å². The summed E-state index contributed by atoms with van der Waals surface area (Å²) in [7, 11) is 0. The van der Waals surface area contributed by atoms with E-state index in [0.717, 1.165) is 0 Å². The molecule has 0 aliphatic carbocycles. The van der Waals surface area contributed by atoms with Crippen molar-refractivity contribution in [1.82, 2.24) is 4.98 Å². The molecule has 8 heteroatoms. The summed E-state index contributed by atoms with van der Waals surface area (Å²) in [6.07, 6.45) is -2.91. The second-order valence-electron chi connectivity index (χ2n) is 2.55. The third-order valence-electron chi connectivity index (χ3n) is 1.65. The second kappa shape index (κ2) is 4.58. The number of hydrogen-bond donors (Lipinski definition) is 1. The van der Waals surface area contributed by atoms with Crippen molar-refractivity contribution >= 4 is 21.6 Å². The predicted molar refractivity (Wildman–Crippen MR) is 49.5 cm³/mol. The Morgan fingerprint density at radius 1 is 1.67 bits per heavy atom. The summed E-state index contributed by atoms with van der Waals surface area (Å²) >= 11 is 2.76. The van der Waals surface area contributed by atoms with Gasteiger partial charge in [-0.2, -0.15) is 0 Å². The number of aliphatic hydroxyl groups is 1. The average molecular weight is 283 g/mol. The molecule has 0 saturated heterocycles. The van der Waals surface area contributed by atoms with Crippen LogP contribution >= 0.6 is 15.9 Å². The minimum Gasteiger partial charge on any atom is -0.390 e. The molecule has 0 fully saturated rings. The van der Waals surface area contributed by atoms with Gasteiger partial charge in [0.05, 0.1) is 17.2 Å². The third kappa shape index (κ3) is 2.45. The molecular formula is C7H5BrF2N2O3. The van der Waals surface area contributed by atoms with E-state index in [2.05, 4.69) is 20.9 Å². The topological polar surface area (TPSA) is 76.3 Å². The largest absolute Gasteiger partial charge is 0.390 e. The van der Waals surface area contributed by atoms with Crippen LogP contribution in [0, 0.1) is 10.1 Å². The summed E-state index contributed by atoms with van der Waals surface area (Å²) < 4.78 is 24.6. The van der Waals surface area contributed by atoms with Crippen molar-refractivity contribution in [2.75, 3.05) is 0 Å². The summed E-state index contributed by atoms with van der Waals surface area (Å²) in [6.45, 7) is -0.698. The fourth-order valence-corrected chi connectivity index (χ4v) is 1.45. The molecule has 0 saturated carbocycles. The predicted octanol–water partition coefficient (Wildman–Crippen LogP) is 2.18. The van der Waals surface area contributed by atoms with Crippen LogP contribution in [-0.2, 0) is 6.61 Å². The highest BCUT2D eigenvalue weighted by Gasteiger charge is 2.22. The van der Waals surface area contributed by atoms with Crippen molar-refractivity contribution in [3.63, 3.8) is 0 Å². The first-order valence-electron chi connectivity index (χ1n) is 3.70. The standard InChI is InChI=1S/C7H5BrF2N2O3/c8-6-5(12(14)15)1-3(7(9)10)4(2-13)11-6/h1,7,13H,2H2. The van der Waals surface area contributed by atoms with E-state index in [1.165, 1.54) is 0 Å². The zero-order valence-corrected chi connectivity index (χ0v) is 8.74. The molecule has 15 heavy (non-hydrogen) atoms. The van der Waals surface area contributed by atoms with Crippen molar-refractivity contribution in [3.05, 3.63) is 32.0 Å². The smallest absolute Gasteiger partial charge is 0.302 e. The van der Waals surface area contributed by atoms with Crippen LogP contribution in [0.15, 0.2) is 10.7 Å².